The topological polar surface area (TPSA) is 229 Å². The zero-order chi connectivity index (χ0) is 29.9. The van der Waals surface area contributed by atoms with Crippen LogP contribution in [0.3, 0.4) is 0 Å². The van der Waals surface area contributed by atoms with Gasteiger partial charge in [-0.25, -0.2) is 9.57 Å². The fraction of sp³-hybridized carbons (Fsp3) is 0.0417. The Morgan fingerprint density at radius 1 is 0.854 bits per heavy atom. The third-order valence-electron chi connectivity index (χ3n) is 5.59. The van der Waals surface area contributed by atoms with E-state index in [1.165, 1.54) is 54.6 Å². The third kappa shape index (κ3) is 6.40. The molecule has 0 fully saturated rings. The average Bonchev–Trinajstić information content (AvgIpc) is 3.38. The summed E-state index contributed by atoms with van der Waals surface area (Å²) in [4.78, 5) is 28.6. The van der Waals surface area contributed by atoms with E-state index < -0.39 is 44.2 Å². The lowest BCUT2D eigenvalue weighted by Crippen LogP contribution is -2.21. The van der Waals surface area contributed by atoms with Gasteiger partial charge in [0.25, 0.3) is 31.7 Å². The second-order valence-corrected chi connectivity index (χ2v) is 11.1. The van der Waals surface area contributed by atoms with Crippen LogP contribution >= 0.6 is 0 Å². The first-order chi connectivity index (χ1) is 19.3. The van der Waals surface area contributed by atoms with Crippen molar-refractivity contribution in [2.24, 2.45) is 5.10 Å². The van der Waals surface area contributed by atoms with Crippen LogP contribution in [0.5, 0.6) is 5.88 Å². The first-order valence-corrected chi connectivity index (χ1v) is 14.1. The van der Waals surface area contributed by atoms with Crippen molar-refractivity contribution in [2.75, 3.05) is 11.6 Å². The molecule has 0 radical (unpaired) electrons. The van der Waals surface area contributed by atoms with E-state index in [2.05, 4.69) is 15.1 Å². The lowest BCUT2D eigenvalue weighted by molar-refractivity contribution is -0.227. The van der Waals surface area contributed by atoms with Crippen molar-refractivity contribution >= 4 is 43.6 Å². The molecule has 15 nitrogen and oxygen atoms in total. The number of nitrogens with zero attached hydrogens (tertiary/aromatic N) is 3. The fourth-order valence-corrected chi connectivity index (χ4v) is 4.60. The van der Waals surface area contributed by atoms with Crippen molar-refractivity contribution in [2.45, 2.75) is 9.79 Å². The maximum atomic E-state index is 12.9. The van der Waals surface area contributed by atoms with Gasteiger partial charge in [0.15, 0.2) is 0 Å². The number of allylic oxidation sites excluding steroid dienone is 4. The number of anilines is 1. The van der Waals surface area contributed by atoms with Crippen molar-refractivity contribution < 1.29 is 46.0 Å². The fourth-order valence-electron chi connectivity index (χ4n) is 3.64. The largest absolute Gasteiger partial charge is 0.493 e. The molecule has 1 aliphatic rings. The molecule has 17 heteroatoms. The predicted molar refractivity (Wildman–Crippen MR) is 144 cm³/mol. The highest BCUT2D eigenvalue weighted by molar-refractivity contribution is 7.86. The maximum Gasteiger partial charge on any atom is 0.294 e. The Morgan fingerprint density at radius 2 is 1.41 bits per heavy atom. The zero-order valence-electron chi connectivity index (χ0n) is 20.5. The van der Waals surface area contributed by atoms with Crippen molar-refractivity contribution in [1.82, 2.24) is 9.78 Å². The number of aromatic nitrogens is 2. The molecule has 1 aromatic heterocycles. The smallest absolute Gasteiger partial charge is 0.294 e. The number of rotatable bonds is 9. The van der Waals surface area contributed by atoms with Crippen LogP contribution in [-0.2, 0) is 29.9 Å². The van der Waals surface area contributed by atoms with E-state index in [4.69, 9.17) is 14.4 Å². The molecule has 4 rings (SSSR count). The van der Waals surface area contributed by atoms with E-state index in [1.807, 2.05) is 0 Å². The second-order valence-electron chi connectivity index (χ2n) is 8.21. The summed E-state index contributed by atoms with van der Waals surface area (Å²) >= 11 is 0. The summed E-state index contributed by atoms with van der Waals surface area (Å²) in [5, 5.41) is 26.8. The third-order valence-corrected chi connectivity index (χ3v) is 7.32. The van der Waals surface area contributed by atoms with Crippen LogP contribution in [0.4, 0.5) is 5.69 Å². The SMILES string of the molecule is O=C1/C(=C/C=C/C=C/c2c(O)n(-c3ccc(S(=O)(=O)O)cc3)[nH]c2=O)C(COO)=NN1c1ccc(S(=O)(=O)O)cc1. The Morgan fingerprint density at radius 3 is 1.95 bits per heavy atom. The molecular weight excluding hydrogens is 584 g/mol. The molecule has 2 heterocycles. The molecule has 1 aliphatic heterocycles. The molecular formula is C24H20N4O11S2. The summed E-state index contributed by atoms with van der Waals surface area (Å²) in [7, 11) is -8.85. The van der Waals surface area contributed by atoms with E-state index in [1.54, 1.807) is 0 Å². The normalized spacial score (nSPS) is 15.5. The molecule has 0 aliphatic carbocycles. The molecule has 0 bridgehead atoms. The van der Waals surface area contributed by atoms with E-state index in [-0.39, 0.29) is 38.0 Å². The van der Waals surface area contributed by atoms with E-state index in [9.17, 15) is 31.5 Å². The molecule has 0 saturated heterocycles. The number of aromatic hydroxyl groups is 1. The van der Waals surface area contributed by atoms with Gasteiger partial charge in [0.1, 0.15) is 17.9 Å². The van der Waals surface area contributed by atoms with Gasteiger partial charge >= 0.3 is 0 Å². The van der Waals surface area contributed by atoms with Gasteiger partial charge in [0.05, 0.1) is 26.7 Å². The monoisotopic (exact) mass is 604 g/mol. The Kier molecular flexibility index (Phi) is 8.19. The molecule has 5 N–H and O–H groups in total. The number of aromatic amines is 1. The molecule has 3 aromatic rings. The van der Waals surface area contributed by atoms with Crippen LogP contribution in [0.25, 0.3) is 11.8 Å². The Labute approximate surface area is 231 Å². The minimum Gasteiger partial charge on any atom is -0.493 e. The predicted octanol–water partition coefficient (Wildman–Crippen LogP) is 1.75. The summed E-state index contributed by atoms with van der Waals surface area (Å²) in [5.74, 6) is -1.11. The molecule has 0 saturated carbocycles. The van der Waals surface area contributed by atoms with Crippen LogP contribution in [0.1, 0.15) is 5.56 Å². The van der Waals surface area contributed by atoms with Crippen molar-refractivity contribution in [3.63, 3.8) is 0 Å². The summed E-state index contributed by atoms with van der Waals surface area (Å²) < 4.78 is 64.1. The van der Waals surface area contributed by atoms with Crippen LogP contribution in [0.2, 0.25) is 0 Å². The minimum absolute atomic E-state index is 0.0303. The number of hydrogen-bond acceptors (Lipinski definition) is 10. The zero-order valence-corrected chi connectivity index (χ0v) is 22.2. The van der Waals surface area contributed by atoms with Crippen molar-refractivity contribution in [3.05, 3.63) is 94.3 Å². The van der Waals surface area contributed by atoms with Crippen LogP contribution in [-0.4, -0.2) is 64.3 Å². The average molecular weight is 605 g/mol. The van der Waals surface area contributed by atoms with Gasteiger partial charge in [-0.2, -0.15) is 26.9 Å². The number of H-pyrrole nitrogens is 1. The van der Waals surface area contributed by atoms with Gasteiger partial charge in [0, 0.05) is 0 Å². The number of carbonyl (C=O) groups is 1. The highest BCUT2D eigenvalue weighted by atomic mass is 32.2. The summed E-state index contributed by atoms with van der Waals surface area (Å²) in [6.07, 6.45) is 6.86. The van der Waals surface area contributed by atoms with Gasteiger partial charge < -0.3 is 5.11 Å². The molecule has 0 spiro atoms. The molecule has 0 atom stereocenters. The van der Waals surface area contributed by atoms with Crippen molar-refractivity contribution in [1.29, 1.82) is 0 Å². The molecule has 0 unspecified atom stereocenters. The van der Waals surface area contributed by atoms with E-state index in [0.717, 1.165) is 34.0 Å². The highest BCUT2D eigenvalue weighted by Crippen LogP contribution is 2.25. The molecule has 1 amide bonds. The quantitative estimate of drug-likeness (QED) is 0.0776. The van der Waals surface area contributed by atoms with Gasteiger partial charge in [-0.3, -0.25) is 29.1 Å². The molecule has 41 heavy (non-hydrogen) atoms. The summed E-state index contributed by atoms with van der Waals surface area (Å²) in [5.41, 5.74) is -0.327. The Hall–Kier alpha value is -4.65. The standard InChI is InChI=1S/C24H20N4O11S2/c29-22-20(24(31)28(26-22)16-8-12-18(13-9-16)41(36,37)38)5-3-1-2-4-19-21(14-39-32)25-27(23(19)30)15-6-10-17(11-7-15)40(33,34)35/h1-13,31-32H,14H2,(H,26,29)(H,33,34,35)(H,36,37,38)/b2-1+,5-3+,19-4+. The first-order valence-electron chi connectivity index (χ1n) is 11.2. The molecule has 214 valence electrons. The number of nitrogens with one attached hydrogen (secondary N) is 1. The van der Waals surface area contributed by atoms with Gasteiger partial charge in [-0.05, 0) is 60.7 Å². The Balaban J connectivity index is 1.52. The Bertz CT molecular complexity index is 1880. The summed E-state index contributed by atoms with van der Waals surface area (Å²) in [6, 6.07) is 9.38. The highest BCUT2D eigenvalue weighted by Gasteiger charge is 2.31. The van der Waals surface area contributed by atoms with Gasteiger partial charge in [-0.1, -0.05) is 18.2 Å². The van der Waals surface area contributed by atoms with E-state index >= 15 is 0 Å². The number of hydrogen-bond donors (Lipinski definition) is 5. The number of carbonyl (C=O) groups excluding carboxylic acids is 1. The second kappa shape index (κ2) is 11.5. The number of benzene rings is 2. The first kappa shape index (κ1) is 29.3. The van der Waals surface area contributed by atoms with E-state index in [0.29, 0.717) is 0 Å². The van der Waals surface area contributed by atoms with Gasteiger partial charge in [-0.15, -0.1) is 0 Å². The van der Waals surface area contributed by atoms with Crippen LogP contribution in [0.15, 0.2) is 98.1 Å². The van der Waals surface area contributed by atoms with Gasteiger partial charge in [0.2, 0.25) is 5.88 Å². The minimum atomic E-state index is -4.44. The maximum absolute atomic E-state index is 12.9. The van der Waals surface area contributed by atoms with Crippen LogP contribution < -0.4 is 10.6 Å². The van der Waals surface area contributed by atoms with Crippen LogP contribution in [0, 0.1) is 0 Å². The summed E-state index contributed by atoms with van der Waals surface area (Å²) in [6.45, 7) is -0.442. The lowest BCUT2D eigenvalue weighted by atomic mass is 10.1. The van der Waals surface area contributed by atoms with Crippen molar-refractivity contribution in [3.8, 4) is 11.6 Å². The number of hydrazone groups is 1. The molecule has 2 aromatic carbocycles. The number of amides is 1. The lowest BCUT2D eigenvalue weighted by Gasteiger charge is -2.11.